The van der Waals surface area contributed by atoms with Crippen LogP contribution in [-0.2, 0) is 4.79 Å². The monoisotopic (exact) mass is 459 g/mol. The fourth-order valence-corrected chi connectivity index (χ4v) is 3.58. The van der Waals surface area contributed by atoms with Crippen LogP contribution in [-0.4, -0.2) is 55.7 Å². The Hall–Kier alpha value is -3.89. The lowest BCUT2D eigenvalue weighted by Gasteiger charge is -2.27. The lowest BCUT2D eigenvalue weighted by molar-refractivity contribution is -0.148. The van der Waals surface area contributed by atoms with Gasteiger partial charge in [-0.1, -0.05) is 6.08 Å². The maximum atomic E-state index is 12.4. The van der Waals surface area contributed by atoms with E-state index in [9.17, 15) is 22.8 Å². The number of aromatic nitrogens is 3. The summed E-state index contributed by atoms with van der Waals surface area (Å²) < 4.78 is 38.7. The van der Waals surface area contributed by atoms with Gasteiger partial charge in [0.05, 0.1) is 12.0 Å². The number of halogens is 3. The summed E-state index contributed by atoms with van der Waals surface area (Å²) in [7, 11) is 0. The van der Waals surface area contributed by atoms with Gasteiger partial charge in [0.15, 0.2) is 5.65 Å². The molecule has 8 nitrogen and oxygen atoms in total. The standard InChI is InChI=1S/C22H20F3N5O3/c23-22(24,25)10-7-18(31)29-12-8-14(9-13-29)17-2-1-11-30-19(17)27-21(28-30)26-16-5-3-15(4-6-16)20(32)33/h1-6,8,11H,7,9-10,12-13H2,(H,26,28)(H,32,33). The van der Waals surface area contributed by atoms with Crippen molar-refractivity contribution in [2.45, 2.75) is 25.4 Å². The van der Waals surface area contributed by atoms with Crippen LogP contribution >= 0.6 is 0 Å². The molecule has 1 aromatic carbocycles. The van der Waals surface area contributed by atoms with Crippen molar-refractivity contribution in [1.82, 2.24) is 19.5 Å². The SMILES string of the molecule is O=C(O)c1ccc(Nc2nc3c(C4=CCN(C(=O)CCC(F)(F)F)CC4)cccn3n2)cc1. The van der Waals surface area contributed by atoms with E-state index in [1.165, 1.54) is 17.0 Å². The molecule has 33 heavy (non-hydrogen) atoms. The number of carbonyl (C=O) groups excluding carboxylic acids is 1. The molecule has 0 spiro atoms. The normalized spacial score (nSPS) is 14.3. The van der Waals surface area contributed by atoms with Crippen molar-refractivity contribution in [3.8, 4) is 0 Å². The molecule has 4 rings (SSSR count). The zero-order chi connectivity index (χ0) is 23.6. The molecule has 11 heteroatoms. The first-order chi connectivity index (χ1) is 15.7. The number of aromatic carboxylic acids is 1. The molecular formula is C22H20F3N5O3. The highest BCUT2D eigenvalue weighted by Gasteiger charge is 2.29. The van der Waals surface area contributed by atoms with Gasteiger partial charge in [-0.2, -0.15) is 18.2 Å². The number of carboxylic acid groups (broad SMARTS) is 1. The van der Waals surface area contributed by atoms with Crippen LogP contribution in [0, 0.1) is 0 Å². The lowest BCUT2D eigenvalue weighted by Crippen LogP contribution is -2.35. The Labute approximate surface area is 186 Å². The van der Waals surface area contributed by atoms with Crippen molar-refractivity contribution >= 4 is 34.7 Å². The largest absolute Gasteiger partial charge is 0.478 e. The number of alkyl halides is 3. The maximum Gasteiger partial charge on any atom is 0.389 e. The maximum absolute atomic E-state index is 12.4. The zero-order valence-corrected chi connectivity index (χ0v) is 17.3. The van der Waals surface area contributed by atoms with Gasteiger partial charge in [-0.3, -0.25) is 4.79 Å². The highest BCUT2D eigenvalue weighted by atomic mass is 19.4. The lowest BCUT2D eigenvalue weighted by atomic mass is 10.00. The van der Waals surface area contributed by atoms with Gasteiger partial charge < -0.3 is 15.3 Å². The number of fused-ring (bicyclic) bond motifs is 1. The molecule has 172 valence electrons. The van der Waals surface area contributed by atoms with E-state index >= 15 is 0 Å². The number of anilines is 2. The molecule has 0 bridgehead atoms. The number of nitrogens with one attached hydrogen (secondary N) is 1. The fourth-order valence-electron chi connectivity index (χ4n) is 3.58. The fraction of sp³-hybridized carbons (Fsp3) is 0.273. The van der Waals surface area contributed by atoms with Gasteiger partial charge in [-0.05, 0) is 48.4 Å². The second-order valence-electron chi connectivity index (χ2n) is 7.57. The van der Waals surface area contributed by atoms with Crippen molar-refractivity contribution in [3.05, 3.63) is 59.8 Å². The van der Waals surface area contributed by atoms with E-state index in [2.05, 4.69) is 15.4 Å². The molecule has 0 saturated heterocycles. The molecule has 1 amide bonds. The Morgan fingerprint density at radius 1 is 1.15 bits per heavy atom. The third-order valence-corrected chi connectivity index (χ3v) is 5.28. The molecule has 3 aromatic rings. The number of benzene rings is 1. The van der Waals surface area contributed by atoms with Gasteiger partial charge in [0, 0.05) is 37.0 Å². The number of carboxylic acids is 1. The minimum atomic E-state index is -4.35. The highest BCUT2D eigenvalue weighted by Crippen LogP contribution is 2.28. The minimum absolute atomic E-state index is 0.168. The van der Waals surface area contributed by atoms with E-state index in [1.54, 1.807) is 22.8 Å². The predicted molar refractivity (Wildman–Crippen MR) is 114 cm³/mol. The van der Waals surface area contributed by atoms with E-state index in [1.807, 2.05) is 18.2 Å². The van der Waals surface area contributed by atoms with Crippen LogP contribution in [0.25, 0.3) is 11.2 Å². The van der Waals surface area contributed by atoms with Crippen molar-refractivity contribution in [2.75, 3.05) is 18.4 Å². The number of rotatable bonds is 6. The molecular weight excluding hydrogens is 439 g/mol. The number of carbonyl (C=O) groups is 2. The smallest absolute Gasteiger partial charge is 0.389 e. The van der Waals surface area contributed by atoms with Gasteiger partial charge >= 0.3 is 12.1 Å². The molecule has 1 aliphatic heterocycles. The molecule has 0 radical (unpaired) electrons. The average Bonchev–Trinajstić information content (AvgIpc) is 3.20. The average molecular weight is 459 g/mol. The zero-order valence-electron chi connectivity index (χ0n) is 17.3. The third kappa shape index (κ3) is 5.30. The van der Waals surface area contributed by atoms with Crippen molar-refractivity contribution in [2.24, 2.45) is 0 Å². The molecule has 2 N–H and O–H groups in total. The van der Waals surface area contributed by atoms with Gasteiger partial charge in [0.25, 0.3) is 0 Å². The van der Waals surface area contributed by atoms with E-state index < -0.39 is 30.9 Å². The Morgan fingerprint density at radius 3 is 2.55 bits per heavy atom. The molecule has 2 aromatic heterocycles. The van der Waals surface area contributed by atoms with Crippen LogP contribution in [0.4, 0.5) is 24.8 Å². The van der Waals surface area contributed by atoms with Crippen molar-refractivity contribution in [3.63, 3.8) is 0 Å². The Bertz CT molecular complexity index is 1220. The van der Waals surface area contributed by atoms with Crippen molar-refractivity contribution < 1.29 is 27.9 Å². The van der Waals surface area contributed by atoms with Gasteiger partial charge in [0.1, 0.15) is 0 Å². The Morgan fingerprint density at radius 2 is 1.91 bits per heavy atom. The first kappa shape index (κ1) is 22.3. The summed E-state index contributed by atoms with van der Waals surface area (Å²) in [5, 5.41) is 16.4. The van der Waals surface area contributed by atoms with Crippen LogP contribution in [0.2, 0.25) is 0 Å². The van der Waals surface area contributed by atoms with E-state index in [4.69, 9.17) is 5.11 Å². The van der Waals surface area contributed by atoms with Crippen LogP contribution in [0.15, 0.2) is 48.7 Å². The van der Waals surface area contributed by atoms with Gasteiger partial charge in [0.2, 0.25) is 11.9 Å². The molecule has 0 aliphatic carbocycles. The Kier molecular flexibility index (Phi) is 6.03. The highest BCUT2D eigenvalue weighted by molar-refractivity contribution is 5.88. The molecule has 1 aliphatic rings. The number of hydrogen-bond acceptors (Lipinski definition) is 5. The topological polar surface area (TPSA) is 99.8 Å². The predicted octanol–water partition coefficient (Wildman–Crippen LogP) is 4.13. The number of pyridine rings is 1. The summed E-state index contributed by atoms with van der Waals surface area (Å²) in [5.74, 6) is -1.20. The van der Waals surface area contributed by atoms with E-state index in [-0.39, 0.29) is 12.1 Å². The summed E-state index contributed by atoms with van der Waals surface area (Å²) in [6.45, 7) is 0.570. The summed E-state index contributed by atoms with van der Waals surface area (Å²) in [6, 6.07) is 9.86. The van der Waals surface area contributed by atoms with Gasteiger partial charge in [-0.25, -0.2) is 9.31 Å². The van der Waals surface area contributed by atoms with E-state index in [0.717, 1.165) is 11.1 Å². The van der Waals surface area contributed by atoms with Crippen molar-refractivity contribution in [1.29, 1.82) is 0 Å². The quantitative estimate of drug-likeness (QED) is 0.575. The number of nitrogens with zero attached hydrogens (tertiary/aromatic N) is 4. The van der Waals surface area contributed by atoms with E-state index in [0.29, 0.717) is 30.2 Å². The minimum Gasteiger partial charge on any atom is -0.478 e. The van der Waals surface area contributed by atoms with Crippen LogP contribution in [0.1, 0.15) is 35.2 Å². The summed E-state index contributed by atoms with van der Waals surface area (Å²) in [4.78, 5) is 29.0. The summed E-state index contributed by atoms with van der Waals surface area (Å²) in [5.41, 5.74) is 3.14. The third-order valence-electron chi connectivity index (χ3n) is 5.28. The summed E-state index contributed by atoms with van der Waals surface area (Å²) >= 11 is 0. The molecule has 0 atom stereocenters. The number of hydrogen-bond donors (Lipinski definition) is 2. The second-order valence-corrected chi connectivity index (χ2v) is 7.57. The second kappa shape index (κ2) is 8.93. The molecule has 0 fully saturated rings. The first-order valence-electron chi connectivity index (χ1n) is 10.2. The summed E-state index contributed by atoms with van der Waals surface area (Å²) in [6.07, 6.45) is -1.96. The molecule has 3 heterocycles. The van der Waals surface area contributed by atoms with Gasteiger partial charge in [-0.15, -0.1) is 5.10 Å². The Balaban J connectivity index is 1.48. The van der Waals surface area contributed by atoms with Crippen LogP contribution in [0.3, 0.4) is 0 Å². The molecule has 0 unspecified atom stereocenters. The number of amides is 1. The van der Waals surface area contributed by atoms with Crippen LogP contribution < -0.4 is 5.32 Å². The first-order valence-corrected chi connectivity index (χ1v) is 10.2. The molecule has 0 saturated carbocycles. The van der Waals surface area contributed by atoms with Crippen LogP contribution in [0.5, 0.6) is 0 Å².